The minimum atomic E-state index is 0.423. The molecule has 1 atom stereocenters. The molecule has 0 spiro atoms. The number of rotatable bonds is 4. The molecule has 0 aliphatic carbocycles. The summed E-state index contributed by atoms with van der Waals surface area (Å²) in [5.41, 5.74) is 2.85. The minimum Gasteiger partial charge on any atom is -0.355 e. The molecule has 27 heavy (non-hydrogen) atoms. The van der Waals surface area contributed by atoms with Crippen molar-refractivity contribution in [2.45, 2.75) is 25.4 Å². The molecule has 0 amide bonds. The van der Waals surface area contributed by atoms with Crippen molar-refractivity contribution in [3.05, 3.63) is 70.2 Å². The Kier molecular flexibility index (Phi) is 5.38. The maximum atomic E-state index is 9.59. The number of fused-ring (bicyclic) bond motifs is 1. The third-order valence-corrected chi connectivity index (χ3v) is 5.55. The largest absolute Gasteiger partial charge is 0.355 e. The van der Waals surface area contributed by atoms with Gasteiger partial charge in [0.15, 0.2) is 0 Å². The van der Waals surface area contributed by atoms with E-state index in [1.54, 1.807) is 0 Å². The number of halogens is 1. The van der Waals surface area contributed by atoms with Crippen LogP contribution in [0, 0.1) is 11.3 Å². The van der Waals surface area contributed by atoms with Crippen molar-refractivity contribution in [1.29, 1.82) is 5.26 Å². The molecule has 1 aromatic heterocycles. The monoisotopic (exact) mass is 420 g/mol. The van der Waals surface area contributed by atoms with Crippen LogP contribution in [0.15, 0.2) is 59.1 Å². The van der Waals surface area contributed by atoms with Crippen LogP contribution in [0.4, 0.5) is 5.82 Å². The predicted molar refractivity (Wildman–Crippen MR) is 113 cm³/mol. The van der Waals surface area contributed by atoms with Gasteiger partial charge in [0.05, 0.1) is 17.1 Å². The Hall–Kier alpha value is -2.42. The van der Waals surface area contributed by atoms with Gasteiger partial charge < -0.3 is 10.2 Å². The van der Waals surface area contributed by atoms with E-state index in [2.05, 4.69) is 56.5 Å². The zero-order chi connectivity index (χ0) is 18.6. The number of nitrogens with one attached hydrogen (secondary N) is 1. The molecule has 5 heteroatoms. The molecule has 1 aliphatic rings. The van der Waals surface area contributed by atoms with E-state index in [9.17, 15) is 5.26 Å². The van der Waals surface area contributed by atoms with Gasteiger partial charge >= 0.3 is 0 Å². The summed E-state index contributed by atoms with van der Waals surface area (Å²) in [5, 5.41) is 14.2. The van der Waals surface area contributed by atoms with Gasteiger partial charge in [-0.1, -0.05) is 46.3 Å². The Balaban J connectivity index is 1.52. The number of pyridine rings is 1. The van der Waals surface area contributed by atoms with E-state index in [0.717, 1.165) is 53.7 Å². The summed E-state index contributed by atoms with van der Waals surface area (Å²) in [4.78, 5) is 7.13. The summed E-state index contributed by atoms with van der Waals surface area (Å²) in [7, 11) is 0. The molecule has 2 aromatic carbocycles. The molecule has 136 valence electrons. The number of hydrogen-bond acceptors (Lipinski definition) is 4. The SMILES string of the molecule is N#Cc1cc(N2CCC[C@H](NCc3ccccc3)C2)nc2ccc(Br)cc12. The van der Waals surface area contributed by atoms with E-state index in [0.29, 0.717) is 11.6 Å². The van der Waals surface area contributed by atoms with Gasteiger partial charge in [-0.05, 0) is 42.7 Å². The first-order valence-corrected chi connectivity index (χ1v) is 10.0. The molecule has 1 aliphatic heterocycles. The van der Waals surface area contributed by atoms with Gasteiger partial charge in [-0.15, -0.1) is 0 Å². The van der Waals surface area contributed by atoms with Gasteiger partial charge in [0.1, 0.15) is 5.82 Å². The molecule has 0 saturated carbocycles. The number of nitrogens with zero attached hydrogens (tertiary/aromatic N) is 3. The Morgan fingerprint density at radius 3 is 2.85 bits per heavy atom. The van der Waals surface area contributed by atoms with Gasteiger partial charge in [0.2, 0.25) is 0 Å². The fourth-order valence-corrected chi connectivity index (χ4v) is 4.01. The fraction of sp³-hybridized carbons (Fsp3) is 0.273. The molecule has 3 aromatic rings. The van der Waals surface area contributed by atoms with Crippen molar-refractivity contribution in [3.63, 3.8) is 0 Å². The molecule has 4 rings (SSSR count). The Labute approximate surface area is 168 Å². The maximum Gasteiger partial charge on any atom is 0.130 e. The van der Waals surface area contributed by atoms with E-state index in [4.69, 9.17) is 4.98 Å². The van der Waals surface area contributed by atoms with Crippen LogP contribution in [0.2, 0.25) is 0 Å². The molecular formula is C22H21BrN4. The Morgan fingerprint density at radius 2 is 2.04 bits per heavy atom. The van der Waals surface area contributed by atoms with Crippen LogP contribution in [-0.2, 0) is 6.54 Å². The van der Waals surface area contributed by atoms with E-state index < -0.39 is 0 Å². The van der Waals surface area contributed by atoms with Gasteiger partial charge in [-0.25, -0.2) is 4.98 Å². The first kappa shape index (κ1) is 18.0. The van der Waals surface area contributed by atoms with Gasteiger partial charge in [-0.3, -0.25) is 0 Å². The smallest absolute Gasteiger partial charge is 0.130 e. The van der Waals surface area contributed by atoms with Crippen molar-refractivity contribution in [2.24, 2.45) is 0 Å². The van der Waals surface area contributed by atoms with Crippen molar-refractivity contribution in [2.75, 3.05) is 18.0 Å². The number of benzene rings is 2. The number of hydrogen-bond donors (Lipinski definition) is 1. The maximum absolute atomic E-state index is 9.59. The van der Waals surface area contributed by atoms with Crippen LogP contribution in [0.25, 0.3) is 10.9 Å². The summed E-state index contributed by atoms with van der Waals surface area (Å²) in [6, 6.07) is 21.1. The molecule has 1 N–H and O–H groups in total. The highest BCUT2D eigenvalue weighted by Gasteiger charge is 2.21. The molecule has 0 radical (unpaired) electrons. The fourth-order valence-electron chi connectivity index (χ4n) is 3.65. The molecule has 0 unspecified atom stereocenters. The molecule has 0 bridgehead atoms. The topological polar surface area (TPSA) is 52.0 Å². The second kappa shape index (κ2) is 8.08. The quantitative estimate of drug-likeness (QED) is 0.668. The van der Waals surface area contributed by atoms with Crippen molar-refractivity contribution >= 4 is 32.7 Å². The van der Waals surface area contributed by atoms with Crippen LogP contribution in [-0.4, -0.2) is 24.1 Å². The molecule has 1 saturated heterocycles. The zero-order valence-corrected chi connectivity index (χ0v) is 16.6. The third kappa shape index (κ3) is 4.13. The lowest BCUT2D eigenvalue weighted by Crippen LogP contribution is -2.45. The van der Waals surface area contributed by atoms with Crippen molar-refractivity contribution in [3.8, 4) is 6.07 Å². The summed E-state index contributed by atoms with van der Waals surface area (Å²) in [6.45, 7) is 2.76. The zero-order valence-electron chi connectivity index (χ0n) is 15.0. The van der Waals surface area contributed by atoms with Crippen LogP contribution in [0.1, 0.15) is 24.0 Å². The number of aromatic nitrogens is 1. The highest BCUT2D eigenvalue weighted by molar-refractivity contribution is 9.10. The van der Waals surface area contributed by atoms with Crippen LogP contribution < -0.4 is 10.2 Å². The molecular weight excluding hydrogens is 400 g/mol. The van der Waals surface area contributed by atoms with E-state index in [-0.39, 0.29) is 0 Å². The molecule has 4 nitrogen and oxygen atoms in total. The lowest BCUT2D eigenvalue weighted by Gasteiger charge is -2.34. The van der Waals surface area contributed by atoms with Gasteiger partial charge in [0.25, 0.3) is 0 Å². The first-order chi connectivity index (χ1) is 13.2. The number of nitriles is 1. The lowest BCUT2D eigenvalue weighted by atomic mass is 10.0. The standard InChI is InChI=1S/C22H21BrN4/c23-18-8-9-21-20(12-18)17(13-24)11-22(26-21)27-10-4-7-19(15-27)25-14-16-5-2-1-3-6-16/h1-3,5-6,8-9,11-12,19,25H,4,7,10,14-15H2/t19-/m0/s1. The van der Waals surface area contributed by atoms with Crippen molar-refractivity contribution < 1.29 is 0 Å². The summed E-state index contributed by atoms with van der Waals surface area (Å²) in [5.74, 6) is 0.896. The van der Waals surface area contributed by atoms with Crippen molar-refractivity contribution in [1.82, 2.24) is 10.3 Å². The molecule has 1 fully saturated rings. The van der Waals surface area contributed by atoms with Gasteiger partial charge in [-0.2, -0.15) is 5.26 Å². The van der Waals surface area contributed by atoms with Gasteiger partial charge in [0, 0.05) is 35.5 Å². The third-order valence-electron chi connectivity index (χ3n) is 5.06. The average Bonchev–Trinajstić information content (AvgIpc) is 2.72. The summed E-state index contributed by atoms with van der Waals surface area (Å²) < 4.78 is 0.962. The highest BCUT2D eigenvalue weighted by atomic mass is 79.9. The Bertz CT molecular complexity index is 981. The van der Waals surface area contributed by atoms with E-state index in [1.807, 2.05) is 30.3 Å². The highest BCUT2D eigenvalue weighted by Crippen LogP contribution is 2.27. The second-order valence-electron chi connectivity index (χ2n) is 6.95. The normalized spacial score (nSPS) is 17.0. The van der Waals surface area contributed by atoms with E-state index in [1.165, 1.54) is 5.56 Å². The molecule has 2 heterocycles. The summed E-state index contributed by atoms with van der Waals surface area (Å²) >= 11 is 3.48. The number of piperidine rings is 1. The van der Waals surface area contributed by atoms with Crippen LogP contribution in [0.5, 0.6) is 0 Å². The lowest BCUT2D eigenvalue weighted by molar-refractivity contribution is 0.420. The predicted octanol–water partition coefficient (Wildman–Crippen LogP) is 4.63. The van der Waals surface area contributed by atoms with Crippen LogP contribution in [0.3, 0.4) is 0 Å². The second-order valence-corrected chi connectivity index (χ2v) is 7.87. The first-order valence-electron chi connectivity index (χ1n) is 9.25. The van der Waals surface area contributed by atoms with E-state index >= 15 is 0 Å². The van der Waals surface area contributed by atoms with Crippen LogP contribution >= 0.6 is 15.9 Å². The number of anilines is 1. The average molecular weight is 421 g/mol. The summed E-state index contributed by atoms with van der Waals surface area (Å²) in [6.07, 6.45) is 2.28. The Morgan fingerprint density at radius 1 is 1.19 bits per heavy atom. The minimum absolute atomic E-state index is 0.423.